The molecule has 0 saturated heterocycles. The van der Waals surface area contributed by atoms with E-state index in [1.165, 1.54) is 13.3 Å². The highest BCUT2D eigenvalue weighted by Crippen LogP contribution is 2.19. The first-order valence-corrected chi connectivity index (χ1v) is 10.6. The molecule has 0 aromatic heterocycles. The monoisotopic (exact) mass is 509 g/mol. The summed E-state index contributed by atoms with van der Waals surface area (Å²) < 4.78 is 11.0. The van der Waals surface area contributed by atoms with E-state index in [1.54, 1.807) is 66.7 Å². The van der Waals surface area contributed by atoms with E-state index < -0.39 is 11.9 Å². The third kappa shape index (κ3) is 7.01. The van der Waals surface area contributed by atoms with Crippen LogP contribution in [-0.2, 0) is 4.79 Å². The molecule has 0 atom stereocenters. The van der Waals surface area contributed by atoms with Crippen LogP contribution in [0.2, 0.25) is 0 Å². The minimum atomic E-state index is -0.480. The molecule has 8 nitrogen and oxygen atoms in total. The molecule has 0 fully saturated rings. The number of benzene rings is 3. The number of hydrazone groups is 1. The fourth-order valence-electron chi connectivity index (χ4n) is 2.63. The van der Waals surface area contributed by atoms with Gasteiger partial charge in [-0.2, -0.15) is 5.10 Å². The number of esters is 1. The molecule has 168 valence electrons. The molecule has 9 heteroatoms. The summed E-state index contributed by atoms with van der Waals surface area (Å²) >= 11 is 3.32. The van der Waals surface area contributed by atoms with Crippen LogP contribution >= 0.6 is 15.9 Å². The predicted molar refractivity (Wildman–Crippen MR) is 127 cm³/mol. The number of nitrogens with zero attached hydrogens (tertiary/aromatic N) is 1. The van der Waals surface area contributed by atoms with Gasteiger partial charge in [-0.1, -0.05) is 12.1 Å². The van der Waals surface area contributed by atoms with Crippen molar-refractivity contribution >= 4 is 39.9 Å². The van der Waals surface area contributed by atoms with E-state index in [-0.39, 0.29) is 12.5 Å². The van der Waals surface area contributed by atoms with Gasteiger partial charge in [-0.25, -0.2) is 10.2 Å². The number of nitrogens with one attached hydrogen (secondary N) is 2. The van der Waals surface area contributed by atoms with Gasteiger partial charge in [0.25, 0.3) is 11.8 Å². The first-order chi connectivity index (χ1) is 16.0. The van der Waals surface area contributed by atoms with Crippen molar-refractivity contribution in [3.63, 3.8) is 0 Å². The number of hydrogen-bond acceptors (Lipinski definition) is 6. The average molecular weight is 510 g/mol. The Bertz CT molecular complexity index is 1160. The van der Waals surface area contributed by atoms with Crippen molar-refractivity contribution in [3.05, 3.63) is 94.0 Å². The van der Waals surface area contributed by atoms with Crippen molar-refractivity contribution in [2.24, 2.45) is 5.10 Å². The molecule has 2 N–H and O–H groups in total. The molecule has 0 aliphatic heterocycles. The zero-order chi connectivity index (χ0) is 23.6. The standard InChI is InChI=1S/C24H20BrN3O5/c1-32-18-12-8-17(9-13-18)23(30)26-15-22(29)28-27-14-16-6-10-19(11-7-16)33-24(31)20-4-2-3-5-21(20)25/h2-14H,15H2,1H3,(H,26,30)(H,28,29)/b27-14-. The number of rotatable bonds is 8. The minimum absolute atomic E-state index is 0.230. The van der Waals surface area contributed by atoms with Gasteiger partial charge in [0.15, 0.2) is 0 Å². The van der Waals surface area contributed by atoms with E-state index in [9.17, 15) is 14.4 Å². The van der Waals surface area contributed by atoms with Crippen LogP contribution in [0.3, 0.4) is 0 Å². The van der Waals surface area contributed by atoms with Gasteiger partial charge in [0.1, 0.15) is 11.5 Å². The van der Waals surface area contributed by atoms with E-state index in [1.807, 2.05) is 6.07 Å². The molecule has 0 unspecified atom stereocenters. The van der Waals surface area contributed by atoms with Crippen LogP contribution < -0.4 is 20.2 Å². The fourth-order valence-corrected chi connectivity index (χ4v) is 3.08. The molecule has 0 radical (unpaired) electrons. The van der Waals surface area contributed by atoms with Gasteiger partial charge in [0.2, 0.25) is 0 Å². The maximum absolute atomic E-state index is 12.2. The van der Waals surface area contributed by atoms with Gasteiger partial charge >= 0.3 is 5.97 Å². The van der Waals surface area contributed by atoms with Crippen LogP contribution in [0.15, 0.2) is 82.4 Å². The highest BCUT2D eigenvalue weighted by molar-refractivity contribution is 9.10. The summed E-state index contributed by atoms with van der Waals surface area (Å²) in [6, 6.07) is 20.1. The zero-order valence-electron chi connectivity index (χ0n) is 17.6. The van der Waals surface area contributed by atoms with Crippen LogP contribution in [0.1, 0.15) is 26.3 Å². The Hall–Kier alpha value is -3.98. The molecule has 3 rings (SSSR count). The lowest BCUT2D eigenvalue weighted by Gasteiger charge is -2.06. The van der Waals surface area contributed by atoms with Crippen molar-refractivity contribution in [1.82, 2.24) is 10.7 Å². The molecule has 0 aliphatic carbocycles. The van der Waals surface area contributed by atoms with Gasteiger partial charge in [-0.15, -0.1) is 0 Å². The Morgan fingerprint density at radius 2 is 1.61 bits per heavy atom. The number of carbonyl (C=O) groups excluding carboxylic acids is 3. The van der Waals surface area contributed by atoms with E-state index in [0.29, 0.717) is 32.7 Å². The Balaban J connectivity index is 1.45. The lowest BCUT2D eigenvalue weighted by molar-refractivity contribution is -0.120. The molecule has 0 heterocycles. The van der Waals surface area contributed by atoms with E-state index in [4.69, 9.17) is 9.47 Å². The topological polar surface area (TPSA) is 106 Å². The van der Waals surface area contributed by atoms with Crippen LogP contribution in [-0.4, -0.2) is 37.7 Å². The number of halogens is 1. The zero-order valence-corrected chi connectivity index (χ0v) is 19.2. The summed E-state index contributed by atoms with van der Waals surface area (Å²) in [6.07, 6.45) is 1.43. The second kappa shape index (κ2) is 11.6. The molecule has 3 aromatic rings. The third-order valence-electron chi connectivity index (χ3n) is 4.35. The molecule has 2 amide bonds. The van der Waals surface area contributed by atoms with Gasteiger partial charge < -0.3 is 14.8 Å². The average Bonchev–Trinajstić information content (AvgIpc) is 2.84. The number of hydrogen-bond donors (Lipinski definition) is 2. The number of methoxy groups -OCH3 is 1. The van der Waals surface area contributed by atoms with Crippen LogP contribution in [0, 0.1) is 0 Å². The van der Waals surface area contributed by atoms with Crippen LogP contribution in [0.25, 0.3) is 0 Å². The Kier molecular flexibility index (Phi) is 8.31. The third-order valence-corrected chi connectivity index (χ3v) is 5.04. The summed E-state index contributed by atoms with van der Waals surface area (Å²) in [5, 5.41) is 6.37. The van der Waals surface area contributed by atoms with Crippen LogP contribution in [0.4, 0.5) is 0 Å². The van der Waals surface area contributed by atoms with Crippen molar-refractivity contribution in [2.75, 3.05) is 13.7 Å². The van der Waals surface area contributed by atoms with Crippen molar-refractivity contribution in [3.8, 4) is 11.5 Å². The van der Waals surface area contributed by atoms with Crippen molar-refractivity contribution < 1.29 is 23.9 Å². The van der Waals surface area contributed by atoms with Crippen LogP contribution in [0.5, 0.6) is 11.5 Å². The Labute approximate surface area is 198 Å². The van der Waals surface area contributed by atoms with Gasteiger partial charge in [0.05, 0.1) is 25.4 Å². The second-order valence-electron chi connectivity index (χ2n) is 6.64. The summed E-state index contributed by atoms with van der Waals surface area (Å²) in [5.41, 5.74) is 3.85. The first kappa shape index (κ1) is 23.7. The van der Waals surface area contributed by atoms with Crippen molar-refractivity contribution in [2.45, 2.75) is 0 Å². The Morgan fingerprint density at radius 1 is 0.939 bits per heavy atom. The highest BCUT2D eigenvalue weighted by Gasteiger charge is 2.12. The quantitative estimate of drug-likeness (QED) is 0.209. The van der Waals surface area contributed by atoms with Gasteiger partial charge in [0, 0.05) is 10.0 Å². The Morgan fingerprint density at radius 3 is 2.27 bits per heavy atom. The van der Waals surface area contributed by atoms with Crippen molar-refractivity contribution in [1.29, 1.82) is 0 Å². The highest BCUT2D eigenvalue weighted by atomic mass is 79.9. The van der Waals surface area contributed by atoms with E-state index in [2.05, 4.69) is 31.8 Å². The maximum Gasteiger partial charge on any atom is 0.344 e. The lowest BCUT2D eigenvalue weighted by Crippen LogP contribution is -2.34. The summed E-state index contributed by atoms with van der Waals surface area (Å²) in [6.45, 7) is -0.230. The molecule has 0 spiro atoms. The number of amides is 2. The SMILES string of the molecule is COc1ccc(C(=O)NCC(=O)N/N=C\c2ccc(OC(=O)c3ccccc3Br)cc2)cc1. The minimum Gasteiger partial charge on any atom is -0.497 e. The van der Waals surface area contributed by atoms with E-state index in [0.717, 1.165) is 0 Å². The predicted octanol–water partition coefficient (Wildman–Crippen LogP) is 3.56. The normalized spacial score (nSPS) is 10.5. The van der Waals surface area contributed by atoms with E-state index >= 15 is 0 Å². The summed E-state index contributed by atoms with van der Waals surface area (Å²) in [5.74, 6) is -0.336. The molecule has 33 heavy (non-hydrogen) atoms. The van der Waals surface area contributed by atoms with Gasteiger partial charge in [-0.3, -0.25) is 9.59 Å². The molecule has 0 saturated carbocycles. The molecular weight excluding hydrogens is 490 g/mol. The first-order valence-electron chi connectivity index (χ1n) is 9.77. The molecule has 0 bridgehead atoms. The van der Waals surface area contributed by atoms with Gasteiger partial charge in [-0.05, 0) is 82.2 Å². The summed E-state index contributed by atoms with van der Waals surface area (Å²) in [7, 11) is 1.54. The second-order valence-corrected chi connectivity index (χ2v) is 7.50. The number of ether oxygens (including phenoxy) is 2. The molecule has 3 aromatic carbocycles. The molecular formula is C24H20BrN3O5. The largest absolute Gasteiger partial charge is 0.497 e. The molecule has 0 aliphatic rings. The number of carbonyl (C=O) groups is 3. The lowest BCUT2D eigenvalue weighted by atomic mass is 10.2. The fraction of sp³-hybridized carbons (Fsp3) is 0.0833. The smallest absolute Gasteiger partial charge is 0.344 e. The summed E-state index contributed by atoms with van der Waals surface area (Å²) in [4.78, 5) is 36.2. The maximum atomic E-state index is 12.2.